The molecule has 1 rings (SSSR count). The first-order valence-corrected chi connectivity index (χ1v) is 5.15. The Kier molecular flexibility index (Phi) is 2.82. The van der Waals surface area contributed by atoms with Gasteiger partial charge in [0.2, 0.25) is 0 Å². The van der Waals surface area contributed by atoms with E-state index in [0.29, 0.717) is 17.8 Å². The minimum absolute atomic E-state index is 0.381. The minimum atomic E-state index is -0.661. The third-order valence-corrected chi connectivity index (χ3v) is 3.37. The predicted octanol–water partition coefficient (Wildman–Crippen LogP) is 3.27. The second-order valence-corrected chi connectivity index (χ2v) is 4.95. The highest BCUT2D eigenvalue weighted by Gasteiger charge is 2.41. The van der Waals surface area contributed by atoms with Gasteiger partial charge in [0.05, 0.1) is 0 Å². The minimum Gasteiger partial charge on any atom is -0.229 e. The Hall–Kier alpha value is -0.0400. The van der Waals surface area contributed by atoms with Gasteiger partial charge in [0.1, 0.15) is 5.60 Å². The molecule has 0 heterocycles. The molecule has 71 valence electrons. The van der Waals surface area contributed by atoms with E-state index in [1.807, 2.05) is 6.92 Å². The summed E-state index contributed by atoms with van der Waals surface area (Å²) in [6.07, 6.45) is 3.26. The molecule has 12 heavy (non-hydrogen) atoms. The van der Waals surface area contributed by atoms with Gasteiger partial charge in [-0.15, -0.1) is 0 Å². The van der Waals surface area contributed by atoms with E-state index in [4.69, 9.17) is 0 Å². The van der Waals surface area contributed by atoms with Crippen molar-refractivity contribution in [2.45, 2.75) is 52.6 Å². The van der Waals surface area contributed by atoms with Gasteiger partial charge in [-0.05, 0) is 31.1 Å². The summed E-state index contributed by atoms with van der Waals surface area (Å²) < 4.78 is 0. The number of hydrogen-bond donors (Lipinski definition) is 0. The average molecular weight is 169 g/mol. The molecule has 0 saturated heterocycles. The molecule has 1 aliphatic carbocycles. The summed E-state index contributed by atoms with van der Waals surface area (Å²) in [5.41, 5.74) is -0.661. The summed E-state index contributed by atoms with van der Waals surface area (Å²) in [4.78, 5) is 0. The first kappa shape index (κ1) is 10.0. The molecule has 1 saturated carbocycles. The normalized spacial score (nSPS) is 43.5. The van der Waals surface area contributed by atoms with E-state index in [-0.39, 0.29) is 0 Å². The van der Waals surface area contributed by atoms with Crippen molar-refractivity contribution in [1.82, 2.24) is 0 Å². The van der Waals surface area contributed by atoms with Gasteiger partial charge >= 0.3 is 0 Å². The highest BCUT2D eigenvalue weighted by molar-refractivity contribution is 4.90. The SMILES string of the molecule is CC(C)C1C(C)CCCC1(C)[O]. The molecule has 0 aromatic heterocycles. The van der Waals surface area contributed by atoms with Crippen LogP contribution in [0, 0.1) is 17.8 Å². The van der Waals surface area contributed by atoms with Gasteiger partial charge in [-0.2, -0.15) is 0 Å². The maximum absolute atomic E-state index is 12.1. The summed E-state index contributed by atoms with van der Waals surface area (Å²) >= 11 is 0. The Morgan fingerprint density at radius 1 is 1.42 bits per heavy atom. The highest BCUT2D eigenvalue weighted by atomic mass is 16.3. The lowest BCUT2D eigenvalue weighted by molar-refractivity contribution is -0.120. The Bertz CT molecular complexity index is 149. The van der Waals surface area contributed by atoms with Crippen molar-refractivity contribution in [2.24, 2.45) is 17.8 Å². The Balaban J connectivity index is 2.74. The molecule has 1 fully saturated rings. The van der Waals surface area contributed by atoms with Gasteiger partial charge in [0.25, 0.3) is 0 Å². The first-order chi connectivity index (χ1) is 5.45. The van der Waals surface area contributed by atoms with E-state index in [2.05, 4.69) is 20.8 Å². The van der Waals surface area contributed by atoms with Crippen LogP contribution in [0.1, 0.15) is 47.0 Å². The van der Waals surface area contributed by atoms with Crippen LogP contribution in [0.5, 0.6) is 0 Å². The molecule has 0 aromatic carbocycles. The van der Waals surface area contributed by atoms with Crippen molar-refractivity contribution in [3.05, 3.63) is 0 Å². The van der Waals surface area contributed by atoms with Gasteiger partial charge in [-0.3, -0.25) is 0 Å². The molecular weight excluding hydrogens is 148 g/mol. The molecule has 0 aliphatic heterocycles. The average Bonchev–Trinajstić information content (AvgIpc) is 1.82. The van der Waals surface area contributed by atoms with E-state index >= 15 is 0 Å². The monoisotopic (exact) mass is 169 g/mol. The maximum Gasteiger partial charge on any atom is 0.104 e. The zero-order chi connectivity index (χ0) is 9.35. The van der Waals surface area contributed by atoms with Crippen molar-refractivity contribution in [3.63, 3.8) is 0 Å². The lowest BCUT2D eigenvalue weighted by Crippen LogP contribution is -2.43. The van der Waals surface area contributed by atoms with Crippen LogP contribution in [-0.4, -0.2) is 5.60 Å². The zero-order valence-electron chi connectivity index (χ0n) is 8.76. The largest absolute Gasteiger partial charge is 0.229 e. The van der Waals surface area contributed by atoms with Crippen molar-refractivity contribution >= 4 is 0 Å². The second kappa shape index (κ2) is 3.37. The predicted molar refractivity (Wildman–Crippen MR) is 50.4 cm³/mol. The first-order valence-electron chi connectivity index (χ1n) is 5.15. The molecule has 1 heteroatoms. The Labute approximate surface area is 76.2 Å². The summed E-state index contributed by atoms with van der Waals surface area (Å²) in [5.74, 6) is 1.55. The molecule has 0 aromatic rings. The summed E-state index contributed by atoms with van der Waals surface area (Å²) in [5, 5.41) is 12.1. The van der Waals surface area contributed by atoms with Crippen molar-refractivity contribution in [2.75, 3.05) is 0 Å². The lowest BCUT2D eigenvalue weighted by Gasteiger charge is -2.42. The molecule has 1 nitrogen and oxygen atoms in total. The number of rotatable bonds is 1. The van der Waals surface area contributed by atoms with E-state index < -0.39 is 5.60 Å². The van der Waals surface area contributed by atoms with Crippen LogP contribution >= 0.6 is 0 Å². The van der Waals surface area contributed by atoms with Crippen molar-refractivity contribution in [3.8, 4) is 0 Å². The molecule has 0 N–H and O–H groups in total. The summed E-state index contributed by atoms with van der Waals surface area (Å²) in [6.45, 7) is 8.50. The number of hydrogen-bond acceptors (Lipinski definition) is 0. The molecule has 0 amide bonds. The van der Waals surface area contributed by atoms with E-state index in [1.165, 1.54) is 6.42 Å². The fraction of sp³-hybridized carbons (Fsp3) is 1.00. The molecule has 1 radical (unpaired) electrons. The van der Waals surface area contributed by atoms with Gasteiger partial charge < -0.3 is 0 Å². The van der Waals surface area contributed by atoms with Gasteiger partial charge in [0.15, 0.2) is 0 Å². The topological polar surface area (TPSA) is 19.9 Å². The second-order valence-electron chi connectivity index (χ2n) is 4.95. The van der Waals surface area contributed by atoms with Crippen LogP contribution in [0.25, 0.3) is 0 Å². The van der Waals surface area contributed by atoms with Crippen LogP contribution in [0.3, 0.4) is 0 Å². The molecular formula is C11H21O. The van der Waals surface area contributed by atoms with Crippen LogP contribution in [0.4, 0.5) is 0 Å². The molecule has 3 unspecified atom stereocenters. The standard InChI is InChI=1S/C11H21O/c1-8(2)10-9(3)6-5-7-11(10,4)12/h8-10H,5-7H2,1-4H3. The molecule has 0 spiro atoms. The van der Waals surface area contributed by atoms with Crippen LogP contribution < -0.4 is 0 Å². The fourth-order valence-electron chi connectivity index (χ4n) is 3.09. The highest BCUT2D eigenvalue weighted by Crippen LogP contribution is 2.42. The van der Waals surface area contributed by atoms with E-state index in [1.54, 1.807) is 0 Å². The lowest BCUT2D eigenvalue weighted by atomic mass is 9.66. The zero-order valence-corrected chi connectivity index (χ0v) is 8.76. The Morgan fingerprint density at radius 3 is 2.33 bits per heavy atom. The van der Waals surface area contributed by atoms with Gasteiger partial charge in [-0.25, -0.2) is 5.11 Å². The van der Waals surface area contributed by atoms with Crippen LogP contribution in [-0.2, 0) is 5.11 Å². The quantitative estimate of drug-likeness (QED) is 0.574. The fourth-order valence-corrected chi connectivity index (χ4v) is 3.09. The smallest absolute Gasteiger partial charge is 0.104 e. The summed E-state index contributed by atoms with van der Waals surface area (Å²) in [7, 11) is 0. The third-order valence-electron chi connectivity index (χ3n) is 3.37. The van der Waals surface area contributed by atoms with Crippen LogP contribution in [0.2, 0.25) is 0 Å². The van der Waals surface area contributed by atoms with Crippen molar-refractivity contribution < 1.29 is 5.11 Å². The summed E-state index contributed by atoms with van der Waals surface area (Å²) in [6, 6.07) is 0. The van der Waals surface area contributed by atoms with Crippen LogP contribution in [0.15, 0.2) is 0 Å². The molecule has 0 bridgehead atoms. The molecule has 1 aliphatic rings. The third kappa shape index (κ3) is 1.82. The van der Waals surface area contributed by atoms with Crippen molar-refractivity contribution in [1.29, 1.82) is 0 Å². The molecule has 3 atom stereocenters. The van der Waals surface area contributed by atoms with E-state index in [9.17, 15) is 5.11 Å². The van der Waals surface area contributed by atoms with Gasteiger partial charge in [0, 0.05) is 0 Å². The maximum atomic E-state index is 12.1. The van der Waals surface area contributed by atoms with Gasteiger partial charge in [-0.1, -0.05) is 33.6 Å². The van der Waals surface area contributed by atoms with E-state index in [0.717, 1.165) is 12.8 Å². The Morgan fingerprint density at radius 2 is 2.00 bits per heavy atom.